The summed E-state index contributed by atoms with van der Waals surface area (Å²) in [4.78, 5) is 8.59. The highest BCUT2D eigenvalue weighted by Crippen LogP contribution is 2.18. The van der Waals surface area contributed by atoms with Crippen molar-refractivity contribution in [2.75, 3.05) is 18.5 Å². The van der Waals surface area contributed by atoms with Crippen LogP contribution in [-0.4, -0.2) is 29.7 Å². The lowest BCUT2D eigenvalue weighted by Gasteiger charge is -2.18. The Hall–Kier alpha value is -0.850. The molecule has 0 aliphatic heterocycles. The zero-order chi connectivity index (χ0) is 11.5. The minimum Gasteiger partial charge on any atom is -0.335 e. The molecule has 7 heteroatoms. The monoisotopic (exact) mass is 283 g/mol. The van der Waals surface area contributed by atoms with Gasteiger partial charge in [0.1, 0.15) is 6.54 Å². The van der Waals surface area contributed by atoms with E-state index in [4.69, 9.17) is 0 Å². The molecule has 0 amide bonds. The van der Waals surface area contributed by atoms with Crippen molar-refractivity contribution in [2.45, 2.75) is 11.5 Å². The Morgan fingerprint density at radius 2 is 1.87 bits per heavy atom. The number of rotatable bonds is 3. The lowest BCUT2D eigenvalue weighted by molar-refractivity contribution is -0.119. The molecule has 0 bridgehead atoms. The molecule has 0 saturated carbocycles. The molecule has 1 aromatic rings. The van der Waals surface area contributed by atoms with E-state index in [0.717, 1.165) is 10.5 Å². The zero-order valence-corrected chi connectivity index (χ0v) is 9.51. The number of anilines is 1. The minimum atomic E-state index is -4.24. The molecule has 0 saturated heterocycles. The molecule has 3 nitrogen and oxygen atoms in total. The second kappa shape index (κ2) is 4.78. The van der Waals surface area contributed by atoms with Crippen LogP contribution >= 0.6 is 15.9 Å². The summed E-state index contributed by atoms with van der Waals surface area (Å²) < 4.78 is 36.1. The number of halogens is 4. The van der Waals surface area contributed by atoms with Crippen molar-refractivity contribution < 1.29 is 13.2 Å². The van der Waals surface area contributed by atoms with Gasteiger partial charge in [-0.3, -0.25) is 0 Å². The standard InChI is InChI=1S/C8H9BrF3N3/c1-15(5-8(10,11)12)7-13-3-6(2-9)4-14-7/h3-4H,2,5H2,1H3. The number of alkyl halides is 4. The molecule has 0 aliphatic carbocycles. The van der Waals surface area contributed by atoms with E-state index in [-0.39, 0.29) is 5.95 Å². The third kappa shape index (κ3) is 4.03. The van der Waals surface area contributed by atoms with E-state index in [2.05, 4.69) is 25.9 Å². The number of hydrogen-bond donors (Lipinski definition) is 0. The highest BCUT2D eigenvalue weighted by atomic mass is 79.9. The molecule has 84 valence electrons. The average Bonchev–Trinajstić information content (AvgIpc) is 2.15. The maximum absolute atomic E-state index is 12.0. The summed E-state index contributed by atoms with van der Waals surface area (Å²) in [5, 5.41) is 0.580. The van der Waals surface area contributed by atoms with Gasteiger partial charge in [0.05, 0.1) is 0 Å². The van der Waals surface area contributed by atoms with Gasteiger partial charge in [0.15, 0.2) is 0 Å². The van der Waals surface area contributed by atoms with Gasteiger partial charge in [-0.15, -0.1) is 0 Å². The van der Waals surface area contributed by atoms with Crippen LogP contribution in [0.2, 0.25) is 0 Å². The maximum atomic E-state index is 12.0. The molecule has 0 aliphatic rings. The van der Waals surface area contributed by atoms with Gasteiger partial charge in [0.25, 0.3) is 0 Å². The van der Waals surface area contributed by atoms with E-state index in [1.807, 2.05) is 0 Å². The van der Waals surface area contributed by atoms with Gasteiger partial charge in [-0.1, -0.05) is 15.9 Å². The zero-order valence-electron chi connectivity index (χ0n) is 7.92. The molecular formula is C8H9BrF3N3. The Balaban J connectivity index is 2.70. The lowest BCUT2D eigenvalue weighted by atomic mass is 10.4. The van der Waals surface area contributed by atoms with Crippen LogP contribution in [0.3, 0.4) is 0 Å². The topological polar surface area (TPSA) is 29.0 Å². The molecule has 1 aromatic heterocycles. The van der Waals surface area contributed by atoms with Gasteiger partial charge in [0.2, 0.25) is 5.95 Å². The summed E-state index contributed by atoms with van der Waals surface area (Å²) in [6.07, 6.45) is -1.26. The first-order chi connectivity index (χ1) is 6.92. The number of aromatic nitrogens is 2. The molecule has 15 heavy (non-hydrogen) atoms. The fourth-order valence-electron chi connectivity index (χ4n) is 0.954. The normalized spacial score (nSPS) is 11.5. The van der Waals surface area contributed by atoms with Crippen LogP contribution < -0.4 is 4.90 Å². The summed E-state index contributed by atoms with van der Waals surface area (Å²) in [7, 11) is 1.30. The largest absolute Gasteiger partial charge is 0.406 e. The maximum Gasteiger partial charge on any atom is 0.406 e. The third-order valence-electron chi connectivity index (χ3n) is 1.60. The van der Waals surface area contributed by atoms with E-state index in [1.165, 1.54) is 19.4 Å². The van der Waals surface area contributed by atoms with Gasteiger partial charge in [0, 0.05) is 24.8 Å². The molecule has 0 N–H and O–H groups in total. The SMILES string of the molecule is CN(CC(F)(F)F)c1ncc(CBr)cn1. The quantitative estimate of drug-likeness (QED) is 0.798. The summed E-state index contributed by atoms with van der Waals surface area (Å²) >= 11 is 3.19. The first-order valence-electron chi connectivity index (χ1n) is 4.07. The smallest absolute Gasteiger partial charge is 0.335 e. The minimum absolute atomic E-state index is 0.0667. The van der Waals surface area contributed by atoms with E-state index in [0.29, 0.717) is 5.33 Å². The van der Waals surface area contributed by atoms with Crippen molar-refractivity contribution >= 4 is 21.9 Å². The first-order valence-corrected chi connectivity index (χ1v) is 5.19. The van der Waals surface area contributed by atoms with Crippen LogP contribution in [0.4, 0.5) is 19.1 Å². The fraction of sp³-hybridized carbons (Fsp3) is 0.500. The Morgan fingerprint density at radius 1 is 1.33 bits per heavy atom. The second-order valence-corrected chi connectivity index (χ2v) is 3.56. The van der Waals surface area contributed by atoms with E-state index < -0.39 is 12.7 Å². The Kier molecular flexibility index (Phi) is 3.90. The van der Waals surface area contributed by atoms with Crippen LogP contribution in [0.1, 0.15) is 5.56 Å². The van der Waals surface area contributed by atoms with Crippen molar-refractivity contribution in [1.82, 2.24) is 9.97 Å². The van der Waals surface area contributed by atoms with Crippen molar-refractivity contribution in [3.05, 3.63) is 18.0 Å². The Labute approximate surface area is 93.5 Å². The second-order valence-electron chi connectivity index (χ2n) is 3.00. The van der Waals surface area contributed by atoms with Gasteiger partial charge in [-0.05, 0) is 5.56 Å². The molecule has 0 unspecified atom stereocenters. The molecule has 0 aromatic carbocycles. The average molecular weight is 284 g/mol. The van der Waals surface area contributed by atoms with Gasteiger partial charge in [-0.25, -0.2) is 9.97 Å². The molecule has 1 rings (SSSR count). The van der Waals surface area contributed by atoms with Gasteiger partial charge in [-0.2, -0.15) is 13.2 Å². The number of hydrogen-bond acceptors (Lipinski definition) is 3. The van der Waals surface area contributed by atoms with Crippen molar-refractivity contribution in [3.63, 3.8) is 0 Å². The molecule has 0 fully saturated rings. The predicted molar refractivity (Wildman–Crippen MR) is 54.0 cm³/mol. The van der Waals surface area contributed by atoms with E-state index in [9.17, 15) is 13.2 Å². The molecule has 0 radical (unpaired) electrons. The Bertz CT molecular complexity index is 312. The van der Waals surface area contributed by atoms with Crippen LogP contribution in [0.25, 0.3) is 0 Å². The van der Waals surface area contributed by atoms with E-state index >= 15 is 0 Å². The summed E-state index contributed by atoms with van der Waals surface area (Å²) in [6.45, 7) is -1.05. The Morgan fingerprint density at radius 3 is 2.27 bits per heavy atom. The van der Waals surface area contributed by atoms with E-state index in [1.54, 1.807) is 0 Å². The van der Waals surface area contributed by atoms with Crippen LogP contribution in [0.5, 0.6) is 0 Å². The number of nitrogens with zero attached hydrogens (tertiary/aromatic N) is 3. The summed E-state index contributed by atoms with van der Waals surface area (Å²) in [5.41, 5.74) is 0.819. The van der Waals surface area contributed by atoms with Gasteiger partial charge >= 0.3 is 6.18 Å². The van der Waals surface area contributed by atoms with Gasteiger partial charge < -0.3 is 4.90 Å². The van der Waals surface area contributed by atoms with Crippen molar-refractivity contribution in [1.29, 1.82) is 0 Å². The molecule has 1 heterocycles. The van der Waals surface area contributed by atoms with Crippen LogP contribution in [-0.2, 0) is 5.33 Å². The summed E-state index contributed by atoms with van der Waals surface area (Å²) in [5.74, 6) is 0.0667. The molecule has 0 spiro atoms. The van der Waals surface area contributed by atoms with Crippen LogP contribution in [0, 0.1) is 0 Å². The highest BCUT2D eigenvalue weighted by Gasteiger charge is 2.30. The molecule has 0 atom stereocenters. The van der Waals surface area contributed by atoms with Crippen molar-refractivity contribution in [2.24, 2.45) is 0 Å². The lowest BCUT2D eigenvalue weighted by Crippen LogP contribution is -2.32. The fourth-order valence-corrected chi connectivity index (χ4v) is 1.24. The van der Waals surface area contributed by atoms with Crippen LogP contribution in [0.15, 0.2) is 12.4 Å². The first kappa shape index (κ1) is 12.2. The third-order valence-corrected chi connectivity index (χ3v) is 2.25. The molecular weight excluding hydrogens is 275 g/mol. The predicted octanol–water partition coefficient (Wildman–Crippen LogP) is 2.37. The summed E-state index contributed by atoms with van der Waals surface area (Å²) in [6, 6.07) is 0. The van der Waals surface area contributed by atoms with Crippen molar-refractivity contribution in [3.8, 4) is 0 Å². The highest BCUT2D eigenvalue weighted by molar-refractivity contribution is 9.08.